The van der Waals surface area contributed by atoms with Gasteiger partial charge in [0.15, 0.2) is 0 Å². The van der Waals surface area contributed by atoms with Crippen molar-refractivity contribution in [1.82, 2.24) is 19.9 Å². The van der Waals surface area contributed by atoms with Crippen LogP contribution in [0.5, 0.6) is 0 Å². The molecule has 1 aromatic carbocycles. The first-order chi connectivity index (χ1) is 13.8. The van der Waals surface area contributed by atoms with Crippen molar-refractivity contribution in [3.05, 3.63) is 80.2 Å². The maximum atomic E-state index is 12.9. The number of fused-ring (bicyclic) bond motifs is 1. The Labute approximate surface area is 172 Å². The van der Waals surface area contributed by atoms with Gasteiger partial charge < -0.3 is 4.98 Å². The lowest BCUT2D eigenvalue weighted by atomic mass is 10.0. The summed E-state index contributed by atoms with van der Waals surface area (Å²) in [7, 11) is 0. The molecule has 29 heavy (non-hydrogen) atoms. The first-order valence-corrected chi connectivity index (χ1v) is 9.71. The van der Waals surface area contributed by atoms with E-state index in [-0.39, 0.29) is 24.2 Å². The Morgan fingerprint density at radius 2 is 2.07 bits per heavy atom. The smallest absolute Gasteiger partial charge is 0.303 e. The molecule has 0 saturated carbocycles. The molecule has 0 bridgehead atoms. The molecular formula is C20H16BrF3N4O. The van der Waals surface area contributed by atoms with Crippen LogP contribution in [0, 0.1) is 0 Å². The summed E-state index contributed by atoms with van der Waals surface area (Å²) in [6.07, 6.45) is -0.881. The quantitative estimate of drug-likeness (QED) is 0.631. The Balaban J connectivity index is 1.60. The minimum Gasteiger partial charge on any atom is -0.303 e. The highest BCUT2D eigenvalue weighted by Crippen LogP contribution is 2.29. The predicted octanol–water partition coefficient (Wildman–Crippen LogP) is 4.17. The van der Waals surface area contributed by atoms with E-state index < -0.39 is 17.6 Å². The van der Waals surface area contributed by atoms with Gasteiger partial charge in [0.25, 0.3) is 5.56 Å². The summed E-state index contributed by atoms with van der Waals surface area (Å²) in [6, 6.07) is 9.84. The van der Waals surface area contributed by atoms with Crippen LogP contribution in [0.1, 0.15) is 22.6 Å². The molecule has 3 aromatic rings. The molecule has 0 aliphatic carbocycles. The Morgan fingerprint density at radius 3 is 2.83 bits per heavy atom. The summed E-state index contributed by atoms with van der Waals surface area (Å²) in [5.41, 5.74) is 2.80. The summed E-state index contributed by atoms with van der Waals surface area (Å²) in [4.78, 5) is 24.0. The lowest BCUT2D eigenvalue weighted by Crippen LogP contribution is -2.36. The van der Waals surface area contributed by atoms with E-state index in [1.807, 2.05) is 40.2 Å². The average Bonchev–Trinajstić information content (AvgIpc) is 2.68. The van der Waals surface area contributed by atoms with E-state index in [9.17, 15) is 18.0 Å². The molecule has 3 heterocycles. The van der Waals surface area contributed by atoms with Crippen LogP contribution in [0.2, 0.25) is 0 Å². The number of nitrogens with zero attached hydrogens (tertiary/aromatic N) is 3. The van der Waals surface area contributed by atoms with Gasteiger partial charge in [-0.05, 0) is 34.9 Å². The molecule has 9 heteroatoms. The standard InChI is InChI=1S/C20H16BrF3N4O/c21-14-3-1-2-12(8-14)15-4-6-25-9-13(15)10-28-7-5-17-16(11-28)18(29)27-19(26-17)20(22,23)24/h1-4,6,8-9H,5,7,10-11H2,(H,26,27,29). The lowest BCUT2D eigenvalue weighted by Gasteiger charge is -2.28. The fraction of sp³-hybridized carbons (Fsp3) is 0.250. The van der Waals surface area contributed by atoms with E-state index >= 15 is 0 Å². The van der Waals surface area contributed by atoms with Gasteiger partial charge in [0, 0.05) is 42.9 Å². The number of nitrogens with one attached hydrogen (secondary N) is 1. The summed E-state index contributed by atoms with van der Waals surface area (Å²) in [6.45, 7) is 1.27. The van der Waals surface area contributed by atoms with E-state index in [1.165, 1.54) is 0 Å². The topological polar surface area (TPSA) is 61.9 Å². The van der Waals surface area contributed by atoms with Crippen molar-refractivity contribution in [3.63, 3.8) is 0 Å². The van der Waals surface area contributed by atoms with Crippen LogP contribution in [-0.2, 0) is 25.7 Å². The van der Waals surface area contributed by atoms with Crippen molar-refractivity contribution >= 4 is 15.9 Å². The fourth-order valence-electron chi connectivity index (χ4n) is 3.48. The summed E-state index contributed by atoms with van der Waals surface area (Å²) in [5, 5.41) is 0. The Bertz CT molecular complexity index is 1110. The van der Waals surface area contributed by atoms with Gasteiger partial charge in [-0.15, -0.1) is 0 Å². The van der Waals surface area contributed by atoms with Crippen molar-refractivity contribution in [2.45, 2.75) is 25.7 Å². The lowest BCUT2D eigenvalue weighted by molar-refractivity contribution is -0.145. The third kappa shape index (κ3) is 4.25. The number of aromatic nitrogens is 3. The van der Waals surface area contributed by atoms with E-state index in [4.69, 9.17) is 0 Å². The molecule has 150 valence electrons. The van der Waals surface area contributed by atoms with Gasteiger partial charge in [0.1, 0.15) is 0 Å². The van der Waals surface area contributed by atoms with Crippen molar-refractivity contribution in [1.29, 1.82) is 0 Å². The number of hydrogen-bond acceptors (Lipinski definition) is 4. The summed E-state index contributed by atoms with van der Waals surface area (Å²) >= 11 is 3.48. The highest BCUT2D eigenvalue weighted by atomic mass is 79.9. The first kappa shape index (κ1) is 19.8. The normalized spacial score (nSPS) is 14.6. The third-order valence-electron chi connectivity index (χ3n) is 4.85. The fourth-order valence-corrected chi connectivity index (χ4v) is 3.88. The second-order valence-electron chi connectivity index (χ2n) is 6.84. The van der Waals surface area contributed by atoms with Crippen LogP contribution >= 0.6 is 15.9 Å². The zero-order valence-electron chi connectivity index (χ0n) is 15.1. The average molecular weight is 465 g/mol. The number of pyridine rings is 1. The minimum absolute atomic E-state index is 0.218. The third-order valence-corrected chi connectivity index (χ3v) is 5.34. The molecule has 0 unspecified atom stereocenters. The largest absolute Gasteiger partial charge is 0.449 e. The Morgan fingerprint density at radius 1 is 1.24 bits per heavy atom. The maximum absolute atomic E-state index is 12.9. The van der Waals surface area contributed by atoms with Gasteiger partial charge in [-0.25, -0.2) is 4.98 Å². The number of alkyl halides is 3. The molecule has 0 spiro atoms. The van der Waals surface area contributed by atoms with Crippen molar-refractivity contribution in [2.75, 3.05) is 6.54 Å². The van der Waals surface area contributed by atoms with Crippen molar-refractivity contribution < 1.29 is 13.2 Å². The number of H-pyrrole nitrogens is 1. The highest BCUT2D eigenvalue weighted by molar-refractivity contribution is 9.10. The molecule has 0 saturated heterocycles. The maximum Gasteiger partial charge on any atom is 0.449 e. The molecule has 1 aliphatic heterocycles. The highest BCUT2D eigenvalue weighted by Gasteiger charge is 2.36. The zero-order valence-corrected chi connectivity index (χ0v) is 16.7. The van der Waals surface area contributed by atoms with E-state index in [0.29, 0.717) is 13.1 Å². The number of aromatic amines is 1. The first-order valence-electron chi connectivity index (χ1n) is 8.92. The van der Waals surface area contributed by atoms with Crippen LogP contribution in [-0.4, -0.2) is 26.4 Å². The number of halogens is 4. The molecule has 0 radical (unpaired) electrons. The molecule has 1 aliphatic rings. The van der Waals surface area contributed by atoms with Gasteiger partial charge in [-0.2, -0.15) is 13.2 Å². The van der Waals surface area contributed by atoms with Crippen molar-refractivity contribution in [3.8, 4) is 11.1 Å². The molecule has 2 aromatic heterocycles. The van der Waals surface area contributed by atoms with Crippen LogP contribution in [0.3, 0.4) is 0 Å². The molecule has 4 rings (SSSR count). The number of benzene rings is 1. The van der Waals surface area contributed by atoms with Gasteiger partial charge in [-0.3, -0.25) is 14.7 Å². The summed E-state index contributed by atoms with van der Waals surface area (Å²) in [5.74, 6) is -1.24. The Kier molecular flexibility index (Phi) is 5.26. The molecule has 0 atom stereocenters. The van der Waals surface area contributed by atoms with Crippen LogP contribution in [0.25, 0.3) is 11.1 Å². The van der Waals surface area contributed by atoms with Crippen molar-refractivity contribution in [2.24, 2.45) is 0 Å². The van der Waals surface area contributed by atoms with Crippen LogP contribution in [0.15, 0.2) is 52.0 Å². The van der Waals surface area contributed by atoms with E-state index in [2.05, 4.69) is 25.9 Å². The molecule has 5 nitrogen and oxygen atoms in total. The van der Waals surface area contributed by atoms with Crippen LogP contribution in [0.4, 0.5) is 13.2 Å². The second kappa shape index (κ2) is 7.72. The summed E-state index contributed by atoms with van der Waals surface area (Å²) < 4.78 is 39.6. The van der Waals surface area contributed by atoms with Crippen LogP contribution < -0.4 is 5.56 Å². The van der Waals surface area contributed by atoms with Gasteiger partial charge in [-0.1, -0.05) is 28.1 Å². The number of rotatable bonds is 3. The van der Waals surface area contributed by atoms with Gasteiger partial charge in [0.2, 0.25) is 5.82 Å². The second-order valence-corrected chi connectivity index (χ2v) is 7.76. The Hall–Kier alpha value is -2.52. The van der Waals surface area contributed by atoms with E-state index in [0.717, 1.165) is 21.2 Å². The number of hydrogen-bond donors (Lipinski definition) is 1. The predicted molar refractivity (Wildman–Crippen MR) is 105 cm³/mol. The molecule has 1 N–H and O–H groups in total. The molecule has 0 fully saturated rings. The minimum atomic E-state index is -4.67. The van der Waals surface area contributed by atoms with Gasteiger partial charge >= 0.3 is 6.18 Å². The molecule has 0 amide bonds. The monoisotopic (exact) mass is 464 g/mol. The van der Waals surface area contributed by atoms with Gasteiger partial charge in [0.05, 0.1) is 11.3 Å². The zero-order chi connectivity index (χ0) is 20.6. The van der Waals surface area contributed by atoms with E-state index in [1.54, 1.807) is 12.4 Å². The SMILES string of the molecule is O=c1[nH]c(C(F)(F)F)nc2c1CN(Cc1cnccc1-c1cccc(Br)c1)CC2. The molecular weight excluding hydrogens is 449 g/mol.